The van der Waals surface area contributed by atoms with Crippen molar-refractivity contribution >= 4 is 19.9 Å². The van der Waals surface area contributed by atoms with E-state index in [1.54, 1.807) is 6.07 Å². The number of halogens is 1. The molecule has 0 aliphatic rings. The van der Waals surface area contributed by atoms with E-state index in [0.29, 0.717) is 11.8 Å². The van der Waals surface area contributed by atoms with Gasteiger partial charge in [-0.3, -0.25) is 5.10 Å². The number of H-pyrrole nitrogens is 1. The van der Waals surface area contributed by atoms with Crippen LogP contribution in [0.2, 0.25) is 23.3 Å². The van der Waals surface area contributed by atoms with Gasteiger partial charge >= 0.3 is 0 Å². The molecule has 0 bridgehead atoms. The second-order valence-corrected chi connectivity index (χ2v) is 10.5. The minimum Gasteiger partial charge on any atom is -0.411 e. The van der Waals surface area contributed by atoms with Crippen molar-refractivity contribution in [1.29, 1.82) is 0 Å². The van der Waals surface area contributed by atoms with Crippen molar-refractivity contribution in [3.63, 3.8) is 0 Å². The molecular weight excluding hydrogens is 228 g/mol. The van der Waals surface area contributed by atoms with E-state index in [1.807, 2.05) is 0 Å². The molecular formula is C10H19ClN2OSi. The number of hydrogen-bond acceptors (Lipinski definition) is 2. The zero-order valence-electron chi connectivity index (χ0n) is 10.0. The summed E-state index contributed by atoms with van der Waals surface area (Å²) < 4.78 is 5.99. The van der Waals surface area contributed by atoms with E-state index in [0.717, 1.165) is 5.69 Å². The molecule has 0 spiro atoms. The largest absolute Gasteiger partial charge is 0.411 e. The Hall–Kier alpha value is -0.323. The highest BCUT2D eigenvalue weighted by Crippen LogP contribution is 2.36. The van der Waals surface area contributed by atoms with E-state index in [9.17, 15) is 0 Å². The van der Waals surface area contributed by atoms with Gasteiger partial charge in [0.1, 0.15) is 5.15 Å². The molecule has 1 aromatic heterocycles. The molecule has 0 aromatic carbocycles. The average molecular weight is 247 g/mol. The third kappa shape index (κ3) is 3.33. The van der Waals surface area contributed by atoms with Crippen LogP contribution in [0.5, 0.6) is 0 Å². The standard InChI is InChI=1S/C10H19ClN2OSi/c1-10(2,3)15(4,5)14-7-8-6-9(11)13-12-8/h6H,7H2,1-5H3,(H,12,13). The van der Waals surface area contributed by atoms with Gasteiger partial charge in [-0.15, -0.1) is 0 Å². The SMILES string of the molecule is CC(C)(C)[Si](C)(C)OCc1cc(Cl)[nH]n1. The van der Waals surface area contributed by atoms with E-state index >= 15 is 0 Å². The van der Waals surface area contributed by atoms with Gasteiger partial charge < -0.3 is 4.43 Å². The molecule has 1 rings (SSSR count). The molecule has 0 atom stereocenters. The topological polar surface area (TPSA) is 37.9 Å². The first-order valence-corrected chi connectivity index (χ1v) is 8.35. The first-order valence-electron chi connectivity index (χ1n) is 5.06. The fourth-order valence-corrected chi connectivity index (χ4v) is 1.99. The lowest BCUT2D eigenvalue weighted by atomic mass is 10.2. The molecule has 0 saturated heterocycles. The number of nitrogens with one attached hydrogen (secondary N) is 1. The van der Waals surface area contributed by atoms with Crippen LogP contribution in [0.25, 0.3) is 0 Å². The molecule has 1 heterocycles. The Kier molecular flexibility index (Phi) is 3.63. The van der Waals surface area contributed by atoms with Gasteiger partial charge in [-0.1, -0.05) is 32.4 Å². The molecule has 0 fully saturated rings. The summed E-state index contributed by atoms with van der Waals surface area (Å²) in [4.78, 5) is 0. The molecule has 0 amide bonds. The normalized spacial score (nSPS) is 13.2. The summed E-state index contributed by atoms with van der Waals surface area (Å²) in [7, 11) is -1.68. The molecule has 0 aliphatic carbocycles. The summed E-state index contributed by atoms with van der Waals surface area (Å²) in [5.74, 6) is 0. The Balaban J connectivity index is 2.57. The van der Waals surface area contributed by atoms with Gasteiger partial charge in [0.25, 0.3) is 0 Å². The van der Waals surface area contributed by atoms with E-state index in [2.05, 4.69) is 44.1 Å². The maximum absolute atomic E-state index is 5.99. The number of rotatable bonds is 3. The van der Waals surface area contributed by atoms with Crippen molar-refractivity contribution in [3.8, 4) is 0 Å². The third-order valence-corrected chi connectivity index (χ3v) is 7.66. The highest BCUT2D eigenvalue weighted by atomic mass is 35.5. The van der Waals surface area contributed by atoms with E-state index in [-0.39, 0.29) is 5.04 Å². The van der Waals surface area contributed by atoms with Crippen molar-refractivity contribution < 1.29 is 4.43 Å². The van der Waals surface area contributed by atoms with Crippen molar-refractivity contribution in [2.75, 3.05) is 0 Å². The molecule has 86 valence electrons. The predicted molar refractivity (Wildman–Crippen MR) is 65.6 cm³/mol. The van der Waals surface area contributed by atoms with E-state index < -0.39 is 8.32 Å². The van der Waals surface area contributed by atoms with Crippen LogP contribution in [0.3, 0.4) is 0 Å². The van der Waals surface area contributed by atoms with Crippen LogP contribution in [0.15, 0.2) is 6.07 Å². The molecule has 3 nitrogen and oxygen atoms in total. The van der Waals surface area contributed by atoms with Crippen LogP contribution < -0.4 is 0 Å². The molecule has 1 aromatic rings. The first kappa shape index (κ1) is 12.7. The Labute approximate surface area is 97.3 Å². The molecule has 0 aliphatic heterocycles. The third-order valence-electron chi connectivity index (χ3n) is 2.99. The minimum atomic E-state index is -1.68. The van der Waals surface area contributed by atoms with Gasteiger partial charge in [0.15, 0.2) is 8.32 Å². The molecule has 15 heavy (non-hydrogen) atoms. The van der Waals surface area contributed by atoms with E-state index in [1.165, 1.54) is 0 Å². The number of nitrogens with zero attached hydrogens (tertiary/aromatic N) is 1. The number of aromatic amines is 1. The molecule has 0 saturated carbocycles. The first-order chi connectivity index (χ1) is 6.72. The van der Waals surface area contributed by atoms with Gasteiger partial charge in [-0.05, 0) is 18.1 Å². The fourth-order valence-electron chi connectivity index (χ4n) is 0.881. The van der Waals surface area contributed by atoms with Gasteiger partial charge in [-0.2, -0.15) is 5.10 Å². The quantitative estimate of drug-likeness (QED) is 0.828. The van der Waals surface area contributed by atoms with Crippen LogP contribution in [0, 0.1) is 0 Å². The second kappa shape index (κ2) is 4.27. The summed E-state index contributed by atoms with van der Waals surface area (Å²) in [6.45, 7) is 11.6. The van der Waals surface area contributed by atoms with Gasteiger partial charge in [0, 0.05) is 6.07 Å². The Morgan fingerprint density at radius 1 is 1.47 bits per heavy atom. The van der Waals surface area contributed by atoms with E-state index in [4.69, 9.17) is 16.0 Å². The molecule has 0 unspecified atom stereocenters. The summed E-state index contributed by atoms with van der Waals surface area (Å²) in [6, 6.07) is 1.80. The zero-order valence-corrected chi connectivity index (χ0v) is 11.8. The number of hydrogen-bond donors (Lipinski definition) is 1. The Bertz CT molecular complexity index is 330. The lowest BCUT2D eigenvalue weighted by Gasteiger charge is -2.35. The number of aromatic nitrogens is 2. The lowest BCUT2D eigenvalue weighted by molar-refractivity contribution is 0.272. The Morgan fingerprint density at radius 2 is 2.07 bits per heavy atom. The molecule has 0 radical (unpaired) electrons. The summed E-state index contributed by atoms with van der Waals surface area (Å²) in [5, 5.41) is 7.52. The second-order valence-electron chi connectivity index (χ2n) is 5.26. The highest BCUT2D eigenvalue weighted by Gasteiger charge is 2.37. The average Bonchev–Trinajstić information content (AvgIpc) is 2.46. The highest BCUT2D eigenvalue weighted by molar-refractivity contribution is 6.74. The smallest absolute Gasteiger partial charge is 0.192 e. The maximum atomic E-state index is 5.99. The minimum absolute atomic E-state index is 0.229. The van der Waals surface area contributed by atoms with Gasteiger partial charge in [0.2, 0.25) is 0 Å². The zero-order chi connectivity index (χ0) is 11.7. The van der Waals surface area contributed by atoms with Gasteiger partial charge in [-0.25, -0.2) is 0 Å². The van der Waals surface area contributed by atoms with Crippen molar-refractivity contribution in [2.45, 2.75) is 45.5 Å². The van der Waals surface area contributed by atoms with Crippen molar-refractivity contribution in [1.82, 2.24) is 10.2 Å². The summed E-state index contributed by atoms with van der Waals surface area (Å²) >= 11 is 5.74. The monoisotopic (exact) mass is 246 g/mol. The van der Waals surface area contributed by atoms with Crippen LogP contribution >= 0.6 is 11.6 Å². The summed E-state index contributed by atoms with van der Waals surface area (Å²) in [6.07, 6.45) is 0. The summed E-state index contributed by atoms with van der Waals surface area (Å²) in [5.41, 5.74) is 0.866. The van der Waals surface area contributed by atoms with Gasteiger partial charge in [0.05, 0.1) is 12.3 Å². The predicted octanol–water partition coefficient (Wildman–Crippen LogP) is 3.58. The van der Waals surface area contributed by atoms with Crippen LogP contribution in [-0.4, -0.2) is 18.5 Å². The van der Waals surface area contributed by atoms with Crippen LogP contribution in [0.4, 0.5) is 0 Å². The van der Waals surface area contributed by atoms with Crippen LogP contribution in [0.1, 0.15) is 26.5 Å². The Morgan fingerprint density at radius 3 is 2.47 bits per heavy atom. The van der Waals surface area contributed by atoms with Crippen molar-refractivity contribution in [3.05, 3.63) is 16.9 Å². The molecule has 1 N–H and O–H groups in total. The van der Waals surface area contributed by atoms with Crippen LogP contribution in [-0.2, 0) is 11.0 Å². The maximum Gasteiger partial charge on any atom is 0.192 e. The lowest BCUT2D eigenvalue weighted by Crippen LogP contribution is -2.40. The van der Waals surface area contributed by atoms with Crippen molar-refractivity contribution in [2.24, 2.45) is 0 Å². The molecule has 5 heteroatoms. The fraction of sp³-hybridized carbons (Fsp3) is 0.700.